The molecular formula is C11H18ClN3O. The maximum absolute atomic E-state index is 9.29. The van der Waals surface area contributed by atoms with Crippen molar-refractivity contribution in [1.82, 2.24) is 9.97 Å². The van der Waals surface area contributed by atoms with Gasteiger partial charge in [0.25, 0.3) is 0 Å². The van der Waals surface area contributed by atoms with Gasteiger partial charge in [0, 0.05) is 13.1 Å². The number of aliphatic hydroxyl groups excluding tert-OH is 1. The van der Waals surface area contributed by atoms with Gasteiger partial charge in [0.1, 0.15) is 17.3 Å². The van der Waals surface area contributed by atoms with Gasteiger partial charge < -0.3 is 10.0 Å². The second-order valence-electron chi connectivity index (χ2n) is 4.06. The van der Waals surface area contributed by atoms with E-state index in [1.54, 1.807) is 0 Å². The van der Waals surface area contributed by atoms with Crippen LogP contribution in [0.1, 0.15) is 26.3 Å². The molecule has 0 aliphatic heterocycles. The minimum atomic E-state index is -0.135. The molecule has 1 aromatic rings. The molecule has 0 radical (unpaired) electrons. The fraction of sp³-hybridized carbons (Fsp3) is 0.636. The molecular weight excluding hydrogens is 226 g/mol. The molecule has 0 aromatic carbocycles. The molecule has 4 nitrogen and oxygen atoms in total. The number of aliphatic hydroxyl groups is 1. The second-order valence-corrected chi connectivity index (χ2v) is 4.42. The third-order valence-corrected chi connectivity index (χ3v) is 2.62. The van der Waals surface area contributed by atoms with Crippen molar-refractivity contribution in [2.45, 2.75) is 27.4 Å². The maximum Gasteiger partial charge on any atom is 0.140 e. The first-order valence-corrected chi connectivity index (χ1v) is 5.83. The van der Waals surface area contributed by atoms with E-state index in [0.29, 0.717) is 16.6 Å². The lowest BCUT2D eigenvalue weighted by Gasteiger charge is -2.25. The van der Waals surface area contributed by atoms with E-state index >= 15 is 0 Å². The highest BCUT2D eigenvalue weighted by molar-refractivity contribution is 6.30. The lowest BCUT2D eigenvalue weighted by molar-refractivity contribution is 0.281. The Morgan fingerprint density at radius 3 is 2.62 bits per heavy atom. The smallest absolute Gasteiger partial charge is 0.140 e. The van der Waals surface area contributed by atoms with Crippen molar-refractivity contribution in [3.8, 4) is 0 Å². The highest BCUT2D eigenvalue weighted by atomic mass is 35.5. The lowest BCUT2D eigenvalue weighted by Crippen LogP contribution is -2.29. The van der Waals surface area contributed by atoms with Crippen molar-refractivity contribution >= 4 is 17.4 Å². The maximum atomic E-state index is 9.29. The number of halogens is 1. The Morgan fingerprint density at radius 2 is 2.12 bits per heavy atom. The molecule has 1 aromatic heterocycles. The zero-order valence-electron chi connectivity index (χ0n) is 9.94. The van der Waals surface area contributed by atoms with Crippen molar-refractivity contribution in [1.29, 1.82) is 0 Å². The monoisotopic (exact) mass is 243 g/mol. The minimum absolute atomic E-state index is 0.135. The van der Waals surface area contributed by atoms with Gasteiger partial charge in [0.05, 0.1) is 12.2 Å². The van der Waals surface area contributed by atoms with E-state index < -0.39 is 0 Å². The van der Waals surface area contributed by atoms with Gasteiger partial charge in [-0.15, -0.1) is 0 Å². The van der Waals surface area contributed by atoms with Crippen LogP contribution in [0.4, 0.5) is 5.82 Å². The van der Waals surface area contributed by atoms with Gasteiger partial charge in [0.15, 0.2) is 0 Å². The third kappa shape index (κ3) is 3.06. The molecule has 0 saturated heterocycles. The molecule has 0 saturated carbocycles. The fourth-order valence-corrected chi connectivity index (χ4v) is 1.78. The standard InChI is InChI=1S/C11H18ClN3O/c1-4-15(5-8(2)3)11-9(6-16)10(12)13-7-14-11/h7-8,16H,4-6H2,1-3H3. The van der Waals surface area contributed by atoms with E-state index in [1.807, 2.05) is 0 Å². The zero-order chi connectivity index (χ0) is 12.1. The summed E-state index contributed by atoms with van der Waals surface area (Å²) in [5.41, 5.74) is 0.603. The van der Waals surface area contributed by atoms with Gasteiger partial charge in [-0.25, -0.2) is 9.97 Å². The van der Waals surface area contributed by atoms with Gasteiger partial charge in [-0.2, -0.15) is 0 Å². The average molecular weight is 244 g/mol. The second kappa shape index (κ2) is 6.01. The molecule has 0 aliphatic carbocycles. The third-order valence-electron chi connectivity index (χ3n) is 2.29. The summed E-state index contributed by atoms with van der Waals surface area (Å²) in [6, 6.07) is 0. The quantitative estimate of drug-likeness (QED) is 0.805. The van der Waals surface area contributed by atoms with Crippen molar-refractivity contribution in [3.05, 3.63) is 17.0 Å². The van der Waals surface area contributed by atoms with E-state index in [0.717, 1.165) is 18.9 Å². The van der Waals surface area contributed by atoms with Crippen LogP contribution < -0.4 is 4.90 Å². The highest BCUT2D eigenvalue weighted by Gasteiger charge is 2.15. The Kier molecular flexibility index (Phi) is 4.96. The number of aromatic nitrogens is 2. The predicted octanol–water partition coefficient (Wildman–Crippen LogP) is 2.10. The van der Waals surface area contributed by atoms with Crippen LogP contribution in [0.5, 0.6) is 0 Å². The van der Waals surface area contributed by atoms with Gasteiger partial charge in [-0.05, 0) is 12.8 Å². The number of nitrogens with zero attached hydrogens (tertiary/aromatic N) is 3. The summed E-state index contributed by atoms with van der Waals surface area (Å²) in [5, 5.41) is 9.62. The summed E-state index contributed by atoms with van der Waals surface area (Å²) in [4.78, 5) is 10.2. The number of hydrogen-bond donors (Lipinski definition) is 1. The van der Waals surface area contributed by atoms with Gasteiger partial charge >= 0.3 is 0 Å². The van der Waals surface area contributed by atoms with Crippen LogP contribution in [0.25, 0.3) is 0 Å². The summed E-state index contributed by atoms with van der Waals surface area (Å²) in [5.74, 6) is 1.26. The van der Waals surface area contributed by atoms with E-state index in [4.69, 9.17) is 11.6 Å². The van der Waals surface area contributed by atoms with Crippen molar-refractivity contribution in [3.63, 3.8) is 0 Å². The zero-order valence-corrected chi connectivity index (χ0v) is 10.7. The first-order valence-electron chi connectivity index (χ1n) is 5.45. The van der Waals surface area contributed by atoms with E-state index in [2.05, 4.69) is 35.6 Å². The number of anilines is 1. The summed E-state index contributed by atoms with van der Waals surface area (Å²) < 4.78 is 0. The number of rotatable bonds is 5. The summed E-state index contributed by atoms with van der Waals surface area (Å²) in [6.45, 7) is 7.92. The van der Waals surface area contributed by atoms with Gasteiger partial charge in [-0.3, -0.25) is 0 Å². The predicted molar refractivity (Wildman–Crippen MR) is 65.7 cm³/mol. The first kappa shape index (κ1) is 13.2. The van der Waals surface area contributed by atoms with Crippen molar-refractivity contribution in [2.75, 3.05) is 18.0 Å². The van der Waals surface area contributed by atoms with Crippen LogP contribution >= 0.6 is 11.6 Å². The minimum Gasteiger partial charge on any atom is -0.391 e. The highest BCUT2D eigenvalue weighted by Crippen LogP contribution is 2.23. The summed E-state index contributed by atoms with van der Waals surface area (Å²) >= 11 is 5.93. The molecule has 1 rings (SSSR count). The molecule has 0 bridgehead atoms. The topological polar surface area (TPSA) is 49.2 Å². The molecule has 1 heterocycles. The molecule has 5 heteroatoms. The van der Waals surface area contributed by atoms with Crippen LogP contribution in [0.2, 0.25) is 5.15 Å². The largest absolute Gasteiger partial charge is 0.391 e. The van der Waals surface area contributed by atoms with Crippen molar-refractivity contribution in [2.24, 2.45) is 5.92 Å². The van der Waals surface area contributed by atoms with Gasteiger partial charge in [-0.1, -0.05) is 25.4 Å². The van der Waals surface area contributed by atoms with Crippen LogP contribution in [0, 0.1) is 5.92 Å². The first-order chi connectivity index (χ1) is 7.60. The normalized spacial score (nSPS) is 10.9. The number of hydrogen-bond acceptors (Lipinski definition) is 4. The van der Waals surface area contributed by atoms with Crippen LogP contribution in [0.3, 0.4) is 0 Å². The molecule has 0 fully saturated rings. The molecule has 0 amide bonds. The fourth-order valence-electron chi connectivity index (χ4n) is 1.60. The Bertz CT molecular complexity index is 344. The molecule has 0 atom stereocenters. The molecule has 0 spiro atoms. The van der Waals surface area contributed by atoms with Crippen LogP contribution in [-0.2, 0) is 6.61 Å². The molecule has 0 unspecified atom stereocenters. The summed E-state index contributed by atoms with van der Waals surface area (Å²) in [6.07, 6.45) is 1.43. The van der Waals surface area contributed by atoms with Crippen molar-refractivity contribution < 1.29 is 5.11 Å². The molecule has 0 aliphatic rings. The van der Waals surface area contributed by atoms with Crippen LogP contribution in [0.15, 0.2) is 6.33 Å². The van der Waals surface area contributed by atoms with E-state index in [9.17, 15) is 5.11 Å². The van der Waals surface area contributed by atoms with E-state index in [-0.39, 0.29) is 6.61 Å². The molecule has 90 valence electrons. The Hall–Kier alpha value is -0.870. The molecule has 1 N–H and O–H groups in total. The Morgan fingerprint density at radius 1 is 1.44 bits per heavy atom. The Labute approximate surface area is 101 Å². The van der Waals surface area contributed by atoms with Crippen LogP contribution in [-0.4, -0.2) is 28.2 Å². The summed E-state index contributed by atoms with van der Waals surface area (Å²) in [7, 11) is 0. The SMILES string of the molecule is CCN(CC(C)C)c1ncnc(Cl)c1CO. The Balaban J connectivity index is 3.04. The average Bonchev–Trinajstić information content (AvgIpc) is 2.25. The molecule has 16 heavy (non-hydrogen) atoms. The van der Waals surface area contributed by atoms with Gasteiger partial charge in [0.2, 0.25) is 0 Å². The lowest BCUT2D eigenvalue weighted by atomic mass is 10.2. The van der Waals surface area contributed by atoms with E-state index in [1.165, 1.54) is 6.33 Å².